The van der Waals surface area contributed by atoms with E-state index in [0.717, 1.165) is 44.3 Å². The first kappa shape index (κ1) is 27.3. The van der Waals surface area contributed by atoms with Gasteiger partial charge in [-0.05, 0) is 25.0 Å². The van der Waals surface area contributed by atoms with Crippen LogP contribution in [0, 0.1) is 11.7 Å². The highest BCUT2D eigenvalue weighted by atomic mass is 19.1. The number of hydrogen-bond donors (Lipinski definition) is 0. The number of hydrogen-bond acceptors (Lipinski definition) is 6. The van der Waals surface area contributed by atoms with Crippen LogP contribution < -0.4 is 4.74 Å². The van der Waals surface area contributed by atoms with E-state index in [1.54, 1.807) is 30.2 Å². The molecule has 0 spiro atoms. The Morgan fingerprint density at radius 2 is 1.79 bits per heavy atom. The molecule has 39 heavy (non-hydrogen) atoms. The van der Waals surface area contributed by atoms with E-state index in [-0.39, 0.29) is 30.1 Å². The molecule has 1 saturated carbocycles. The van der Waals surface area contributed by atoms with Crippen LogP contribution >= 0.6 is 0 Å². The fourth-order valence-electron chi connectivity index (χ4n) is 5.80. The van der Waals surface area contributed by atoms with Gasteiger partial charge in [0.25, 0.3) is 5.91 Å². The number of para-hydroxylation sites is 1. The van der Waals surface area contributed by atoms with Crippen molar-refractivity contribution >= 4 is 17.5 Å². The Labute approximate surface area is 229 Å². The first-order valence-electron chi connectivity index (χ1n) is 13.9. The van der Waals surface area contributed by atoms with Crippen LogP contribution in [0.1, 0.15) is 49.3 Å². The number of benzene rings is 2. The van der Waals surface area contributed by atoms with Crippen LogP contribution in [0.25, 0.3) is 0 Å². The third kappa shape index (κ3) is 6.31. The van der Waals surface area contributed by atoms with Crippen molar-refractivity contribution < 1.29 is 23.5 Å². The van der Waals surface area contributed by atoms with Gasteiger partial charge in [-0.25, -0.2) is 9.40 Å². The molecule has 2 heterocycles. The SMILES string of the molecule is COc1ccccc1C1CC(c2ccccc2F)=NN1C(=O)CN(CCN1CCOCC1)C(=O)C1CCCC1. The summed E-state index contributed by atoms with van der Waals surface area (Å²) in [5.41, 5.74) is 1.67. The lowest BCUT2D eigenvalue weighted by molar-refractivity contribution is -0.144. The van der Waals surface area contributed by atoms with Crippen LogP contribution in [0.4, 0.5) is 4.39 Å². The van der Waals surface area contributed by atoms with E-state index < -0.39 is 6.04 Å². The van der Waals surface area contributed by atoms with Crippen molar-refractivity contribution in [2.75, 3.05) is 53.0 Å². The van der Waals surface area contributed by atoms with Gasteiger partial charge in [-0.1, -0.05) is 49.2 Å². The summed E-state index contributed by atoms with van der Waals surface area (Å²) in [6.45, 7) is 4.08. The Morgan fingerprint density at radius 1 is 1.08 bits per heavy atom. The van der Waals surface area contributed by atoms with Gasteiger partial charge in [0, 0.05) is 49.6 Å². The molecule has 0 bridgehead atoms. The van der Waals surface area contributed by atoms with Gasteiger partial charge < -0.3 is 14.4 Å². The van der Waals surface area contributed by atoms with Crippen molar-refractivity contribution in [1.82, 2.24) is 14.8 Å². The maximum absolute atomic E-state index is 14.7. The normalized spacial score (nSPS) is 20.2. The Balaban J connectivity index is 1.41. The van der Waals surface area contributed by atoms with Crippen molar-refractivity contribution in [3.63, 3.8) is 0 Å². The molecule has 2 fully saturated rings. The maximum Gasteiger partial charge on any atom is 0.262 e. The third-order valence-corrected chi connectivity index (χ3v) is 7.98. The van der Waals surface area contributed by atoms with Crippen LogP contribution in [0.5, 0.6) is 5.75 Å². The highest BCUT2D eigenvalue weighted by molar-refractivity contribution is 6.03. The molecule has 2 aromatic rings. The van der Waals surface area contributed by atoms with E-state index >= 15 is 0 Å². The van der Waals surface area contributed by atoms with Crippen molar-refractivity contribution in [3.05, 3.63) is 65.5 Å². The second-order valence-corrected chi connectivity index (χ2v) is 10.4. The van der Waals surface area contributed by atoms with Crippen molar-refractivity contribution in [3.8, 4) is 5.75 Å². The average molecular weight is 537 g/mol. The molecule has 2 amide bonds. The largest absolute Gasteiger partial charge is 0.496 e. The molecule has 0 N–H and O–H groups in total. The lowest BCUT2D eigenvalue weighted by Gasteiger charge is -2.32. The summed E-state index contributed by atoms with van der Waals surface area (Å²) in [6.07, 6.45) is 4.16. The van der Waals surface area contributed by atoms with Gasteiger partial charge >= 0.3 is 0 Å². The van der Waals surface area contributed by atoms with Crippen molar-refractivity contribution in [2.45, 2.75) is 38.1 Å². The predicted octanol–water partition coefficient (Wildman–Crippen LogP) is 3.86. The molecule has 208 valence electrons. The lowest BCUT2D eigenvalue weighted by atomic mass is 9.97. The van der Waals surface area contributed by atoms with Crippen LogP contribution in [0.15, 0.2) is 53.6 Å². The fraction of sp³-hybridized carbons (Fsp3) is 0.500. The highest BCUT2D eigenvalue weighted by Gasteiger charge is 2.37. The van der Waals surface area contributed by atoms with E-state index in [0.29, 0.717) is 49.7 Å². The molecule has 1 saturated heterocycles. The van der Waals surface area contributed by atoms with E-state index in [1.807, 2.05) is 24.3 Å². The van der Waals surface area contributed by atoms with E-state index in [4.69, 9.17) is 9.47 Å². The van der Waals surface area contributed by atoms with E-state index in [9.17, 15) is 14.0 Å². The van der Waals surface area contributed by atoms with Crippen LogP contribution in [-0.2, 0) is 14.3 Å². The molecule has 9 heteroatoms. The molecule has 1 atom stereocenters. The molecule has 2 aromatic carbocycles. The summed E-state index contributed by atoms with van der Waals surface area (Å²) in [4.78, 5) is 31.5. The molecule has 0 radical (unpaired) electrons. The predicted molar refractivity (Wildman–Crippen MR) is 146 cm³/mol. The summed E-state index contributed by atoms with van der Waals surface area (Å²) in [7, 11) is 1.59. The summed E-state index contributed by atoms with van der Waals surface area (Å²) >= 11 is 0. The number of carbonyl (C=O) groups excluding carboxylic acids is 2. The molecule has 1 unspecified atom stereocenters. The minimum Gasteiger partial charge on any atom is -0.496 e. The van der Waals surface area contributed by atoms with Gasteiger partial charge in [-0.15, -0.1) is 0 Å². The molecule has 3 aliphatic rings. The number of nitrogens with zero attached hydrogens (tertiary/aromatic N) is 4. The number of ether oxygens (including phenoxy) is 2. The van der Waals surface area contributed by atoms with E-state index in [1.165, 1.54) is 11.1 Å². The topological polar surface area (TPSA) is 74.7 Å². The standard InChI is InChI=1S/C30H37FN4O4/c1-38-28-13-7-5-11-24(28)27-20-26(23-10-4-6-12-25(23)31)32-35(27)29(36)21-34(30(37)22-8-2-3-9-22)15-14-33-16-18-39-19-17-33/h4-7,10-13,22,27H,2-3,8-9,14-21H2,1H3. The number of amides is 2. The zero-order chi connectivity index (χ0) is 27.2. The first-order valence-corrected chi connectivity index (χ1v) is 13.9. The monoisotopic (exact) mass is 536 g/mol. The molecular formula is C30H37FN4O4. The quantitative estimate of drug-likeness (QED) is 0.487. The maximum atomic E-state index is 14.7. The molecule has 1 aliphatic carbocycles. The Bertz CT molecular complexity index is 1190. The van der Waals surface area contributed by atoms with Crippen molar-refractivity contribution in [1.29, 1.82) is 0 Å². The number of halogens is 1. The smallest absolute Gasteiger partial charge is 0.262 e. The van der Waals surface area contributed by atoms with Gasteiger partial charge in [0.05, 0.1) is 32.1 Å². The van der Waals surface area contributed by atoms with Crippen LogP contribution in [-0.4, -0.2) is 85.4 Å². The Morgan fingerprint density at radius 3 is 2.54 bits per heavy atom. The molecule has 8 nitrogen and oxygen atoms in total. The second kappa shape index (κ2) is 12.7. The van der Waals surface area contributed by atoms with Gasteiger partial charge in [-0.3, -0.25) is 14.5 Å². The molecule has 0 aromatic heterocycles. The van der Waals surface area contributed by atoms with E-state index in [2.05, 4.69) is 10.0 Å². The molecule has 2 aliphatic heterocycles. The third-order valence-electron chi connectivity index (χ3n) is 7.98. The number of morpholine rings is 1. The Kier molecular flexibility index (Phi) is 8.88. The Hall–Kier alpha value is -3.30. The van der Waals surface area contributed by atoms with Crippen LogP contribution in [0.3, 0.4) is 0 Å². The second-order valence-electron chi connectivity index (χ2n) is 10.4. The van der Waals surface area contributed by atoms with Gasteiger partial charge in [0.1, 0.15) is 18.1 Å². The number of carbonyl (C=O) groups is 2. The summed E-state index contributed by atoms with van der Waals surface area (Å²) in [5, 5.41) is 6.09. The van der Waals surface area contributed by atoms with Gasteiger partial charge in [0.15, 0.2) is 0 Å². The minimum atomic E-state index is -0.467. The minimum absolute atomic E-state index is 0.0384. The summed E-state index contributed by atoms with van der Waals surface area (Å²) in [6, 6.07) is 13.5. The first-order chi connectivity index (χ1) is 19.0. The van der Waals surface area contributed by atoms with Crippen molar-refractivity contribution in [2.24, 2.45) is 11.0 Å². The van der Waals surface area contributed by atoms with Gasteiger partial charge in [-0.2, -0.15) is 5.10 Å². The lowest BCUT2D eigenvalue weighted by Crippen LogP contribution is -2.48. The zero-order valence-electron chi connectivity index (χ0n) is 22.6. The summed E-state index contributed by atoms with van der Waals surface area (Å²) < 4.78 is 25.8. The average Bonchev–Trinajstić information content (AvgIpc) is 3.67. The number of methoxy groups -OCH3 is 1. The summed E-state index contributed by atoms with van der Waals surface area (Å²) in [5.74, 6) is -0.0288. The number of hydrazone groups is 1. The molecular weight excluding hydrogens is 499 g/mol. The van der Waals surface area contributed by atoms with Crippen LogP contribution in [0.2, 0.25) is 0 Å². The van der Waals surface area contributed by atoms with Gasteiger partial charge in [0.2, 0.25) is 5.91 Å². The highest BCUT2D eigenvalue weighted by Crippen LogP contribution is 2.38. The zero-order valence-corrected chi connectivity index (χ0v) is 22.6. The number of rotatable bonds is 9. The fourth-order valence-corrected chi connectivity index (χ4v) is 5.80. The molecule has 5 rings (SSSR count).